The van der Waals surface area contributed by atoms with Gasteiger partial charge in [0.05, 0.1) is 11.3 Å². The maximum atomic E-state index is 11.7. The number of benzene rings is 1. The van der Waals surface area contributed by atoms with E-state index >= 15 is 0 Å². The lowest BCUT2D eigenvalue weighted by molar-refractivity contribution is -0.106. The monoisotopic (exact) mass is 341 g/mol. The van der Waals surface area contributed by atoms with E-state index in [1.165, 1.54) is 4.90 Å². The average Bonchev–Trinajstić information content (AvgIpc) is 2.59. The van der Waals surface area contributed by atoms with Gasteiger partial charge in [0.15, 0.2) is 6.29 Å². The molecule has 0 bridgehead atoms. The summed E-state index contributed by atoms with van der Waals surface area (Å²) in [5.41, 5.74) is 3.93. The molecule has 5 nitrogen and oxygen atoms in total. The molecule has 0 unspecified atom stereocenters. The Morgan fingerprint density at radius 2 is 1.72 bits per heavy atom. The van der Waals surface area contributed by atoms with Crippen molar-refractivity contribution in [3.05, 3.63) is 52.7 Å². The molecule has 0 aliphatic rings. The molecule has 1 aromatic carbocycles. The van der Waals surface area contributed by atoms with Crippen molar-refractivity contribution in [1.82, 2.24) is 10.3 Å². The Morgan fingerprint density at radius 3 is 2.24 bits per heavy atom. The third-order valence-corrected chi connectivity index (χ3v) is 3.75. The molecule has 0 fully saturated rings. The Morgan fingerprint density at radius 1 is 1.12 bits per heavy atom. The first-order valence-electron chi connectivity index (χ1n) is 8.26. The fraction of sp³-hybridized carbons (Fsp3) is 0.350. The number of nitrogens with one attached hydrogen (secondary N) is 1. The topological polar surface area (TPSA) is 62.3 Å². The van der Waals surface area contributed by atoms with Crippen molar-refractivity contribution < 1.29 is 9.59 Å². The highest BCUT2D eigenvalue weighted by Gasteiger charge is 2.19. The molecular weight excluding hydrogens is 314 g/mol. The molecule has 0 aliphatic carbocycles. The Kier molecular flexibility index (Phi) is 7.95. The predicted molar refractivity (Wildman–Crippen MR) is 103 cm³/mol. The summed E-state index contributed by atoms with van der Waals surface area (Å²) in [7, 11) is 3.75. The van der Waals surface area contributed by atoms with Crippen LogP contribution < -0.4 is 10.2 Å². The van der Waals surface area contributed by atoms with E-state index in [4.69, 9.17) is 0 Å². The summed E-state index contributed by atoms with van der Waals surface area (Å²) >= 11 is 0. The highest BCUT2D eigenvalue weighted by molar-refractivity contribution is 5.94. The lowest BCUT2D eigenvalue weighted by Crippen LogP contribution is -2.20. The van der Waals surface area contributed by atoms with Gasteiger partial charge in [0.1, 0.15) is 5.82 Å². The van der Waals surface area contributed by atoms with Crippen LogP contribution in [-0.2, 0) is 4.79 Å². The second-order valence-corrected chi connectivity index (χ2v) is 6.11. The molecule has 0 atom stereocenters. The zero-order chi connectivity index (χ0) is 19.0. The molecular formula is C20H27N3O2. The molecule has 2 aromatic rings. The van der Waals surface area contributed by atoms with Gasteiger partial charge in [-0.25, -0.2) is 4.98 Å². The minimum Gasteiger partial charge on any atom is -0.323 e. The Balaban J connectivity index is 0.000000970. The van der Waals surface area contributed by atoms with Gasteiger partial charge in [0, 0.05) is 5.69 Å². The van der Waals surface area contributed by atoms with Gasteiger partial charge in [-0.05, 0) is 57.1 Å². The molecule has 1 N–H and O–H groups in total. The van der Waals surface area contributed by atoms with E-state index < -0.39 is 0 Å². The third kappa shape index (κ3) is 4.97. The van der Waals surface area contributed by atoms with Crippen LogP contribution >= 0.6 is 0 Å². The van der Waals surface area contributed by atoms with Crippen molar-refractivity contribution in [2.24, 2.45) is 0 Å². The van der Waals surface area contributed by atoms with Gasteiger partial charge in [-0.3, -0.25) is 14.5 Å². The van der Waals surface area contributed by atoms with Gasteiger partial charge in [0.2, 0.25) is 6.41 Å². The number of aryl methyl sites for hydroxylation is 2. The maximum absolute atomic E-state index is 11.7. The molecule has 134 valence electrons. The molecule has 1 heterocycles. The standard InChI is InChI=1S/C18H20N2O2.C2H7N/c1-12(2)16-7-5-6-8-17(16)20(11-22)18-15(10-21)9-13(3)14(4)19-18;1-3-2/h5-12H,1-4H3;3H,1-2H3. The van der Waals surface area contributed by atoms with Crippen LogP contribution in [0.15, 0.2) is 30.3 Å². The van der Waals surface area contributed by atoms with E-state index in [1.807, 2.05) is 52.2 Å². The van der Waals surface area contributed by atoms with E-state index in [-0.39, 0.29) is 5.92 Å². The van der Waals surface area contributed by atoms with E-state index in [0.717, 1.165) is 28.8 Å². The summed E-state index contributed by atoms with van der Waals surface area (Å²) < 4.78 is 0. The predicted octanol–water partition coefficient (Wildman–Crippen LogP) is 3.76. The smallest absolute Gasteiger partial charge is 0.219 e. The Labute approximate surface area is 150 Å². The van der Waals surface area contributed by atoms with Crippen molar-refractivity contribution in [2.45, 2.75) is 33.6 Å². The van der Waals surface area contributed by atoms with Crippen LogP contribution in [0.25, 0.3) is 0 Å². The van der Waals surface area contributed by atoms with Gasteiger partial charge in [0.25, 0.3) is 0 Å². The Hall–Kier alpha value is -2.53. The number of anilines is 2. The number of aromatic nitrogens is 1. The SMILES string of the molecule is CNC.Cc1cc(C=O)c(N(C=O)c2ccccc2C(C)C)nc1C. The normalized spacial score (nSPS) is 10.0. The van der Waals surface area contributed by atoms with E-state index in [2.05, 4.69) is 24.1 Å². The molecule has 25 heavy (non-hydrogen) atoms. The summed E-state index contributed by atoms with van der Waals surface area (Å²) in [4.78, 5) is 29.0. The summed E-state index contributed by atoms with van der Waals surface area (Å²) in [5.74, 6) is 0.631. The van der Waals surface area contributed by atoms with Crippen molar-refractivity contribution in [3.63, 3.8) is 0 Å². The first-order valence-corrected chi connectivity index (χ1v) is 8.26. The number of carbonyl (C=O) groups is 2. The van der Waals surface area contributed by atoms with E-state index in [1.54, 1.807) is 6.07 Å². The number of pyridine rings is 1. The van der Waals surface area contributed by atoms with Crippen molar-refractivity contribution >= 4 is 24.2 Å². The van der Waals surface area contributed by atoms with Crippen LogP contribution in [0.2, 0.25) is 0 Å². The van der Waals surface area contributed by atoms with Crippen LogP contribution in [0.5, 0.6) is 0 Å². The van der Waals surface area contributed by atoms with Gasteiger partial charge in [-0.2, -0.15) is 0 Å². The lowest BCUT2D eigenvalue weighted by Gasteiger charge is -2.23. The molecule has 1 aromatic heterocycles. The van der Waals surface area contributed by atoms with Gasteiger partial charge >= 0.3 is 0 Å². The maximum Gasteiger partial charge on any atom is 0.219 e. The number of amides is 1. The number of para-hydroxylation sites is 1. The minimum absolute atomic E-state index is 0.255. The number of rotatable bonds is 5. The van der Waals surface area contributed by atoms with Gasteiger partial charge < -0.3 is 5.32 Å². The molecule has 0 saturated heterocycles. The summed E-state index contributed by atoms with van der Waals surface area (Å²) in [6, 6.07) is 9.43. The average molecular weight is 341 g/mol. The lowest BCUT2D eigenvalue weighted by atomic mass is 10.0. The first-order chi connectivity index (χ1) is 11.9. The largest absolute Gasteiger partial charge is 0.323 e. The highest BCUT2D eigenvalue weighted by Crippen LogP contribution is 2.32. The first kappa shape index (κ1) is 20.5. The molecule has 1 amide bonds. The van der Waals surface area contributed by atoms with Crippen LogP contribution in [0.3, 0.4) is 0 Å². The minimum atomic E-state index is 0.255. The molecule has 0 saturated carbocycles. The third-order valence-electron chi connectivity index (χ3n) is 3.75. The summed E-state index contributed by atoms with van der Waals surface area (Å²) in [6.07, 6.45) is 1.45. The summed E-state index contributed by atoms with van der Waals surface area (Å²) in [6.45, 7) is 7.89. The van der Waals surface area contributed by atoms with Crippen molar-refractivity contribution in [1.29, 1.82) is 0 Å². The number of carbonyl (C=O) groups excluding carboxylic acids is 2. The van der Waals surface area contributed by atoms with Crippen LogP contribution in [0, 0.1) is 13.8 Å². The van der Waals surface area contributed by atoms with Gasteiger partial charge in [-0.15, -0.1) is 0 Å². The zero-order valence-electron chi connectivity index (χ0n) is 15.8. The van der Waals surface area contributed by atoms with Crippen molar-refractivity contribution in [3.8, 4) is 0 Å². The molecule has 0 aliphatic heterocycles. The van der Waals surface area contributed by atoms with Crippen LogP contribution in [0.4, 0.5) is 11.5 Å². The molecule has 5 heteroatoms. The fourth-order valence-corrected chi connectivity index (χ4v) is 2.41. The van der Waals surface area contributed by atoms with Crippen molar-refractivity contribution in [2.75, 3.05) is 19.0 Å². The molecule has 2 rings (SSSR count). The van der Waals surface area contributed by atoms with Gasteiger partial charge in [-0.1, -0.05) is 32.0 Å². The number of hydrogen-bond donors (Lipinski definition) is 1. The number of aldehydes is 1. The number of nitrogens with zero attached hydrogens (tertiary/aromatic N) is 2. The van der Waals surface area contributed by atoms with Crippen LogP contribution in [-0.4, -0.2) is 31.8 Å². The zero-order valence-corrected chi connectivity index (χ0v) is 15.8. The molecule has 0 radical (unpaired) electrons. The quantitative estimate of drug-likeness (QED) is 0.841. The second kappa shape index (κ2) is 9.69. The van der Waals surface area contributed by atoms with E-state index in [0.29, 0.717) is 17.8 Å². The molecule has 0 spiro atoms. The van der Waals surface area contributed by atoms with E-state index in [9.17, 15) is 9.59 Å². The fourth-order valence-electron chi connectivity index (χ4n) is 2.41. The second-order valence-electron chi connectivity index (χ2n) is 6.11. The number of hydrogen-bond acceptors (Lipinski definition) is 4. The van der Waals surface area contributed by atoms with Crippen LogP contribution in [0.1, 0.15) is 46.9 Å². The highest BCUT2D eigenvalue weighted by atomic mass is 16.1. The summed E-state index contributed by atoms with van der Waals surface area (Å²) in [5, 5.41) is 2.75. The Bertz CT molecular complexity index is 727.